The molecule has 1 aromatic rings. The Labute approximate surface area is 122 Å². The minimum absolute atomic E-state index is 0.101. The molecule has 1 N–H and O–H groups in total. The number of allylic oxidation sites excluding steroid dienone is 1. The van der Waals surface area contributed by atoms with Gasteiger partial charge in [0.05, 0.1) is 12.2 Å². The topological polar surface area (TPSA) is 55.4 Å². The van der Waals surface area contributed by atoms with Gasteiger partial charge in [0.25, 0.3) is 0 Å². The molecule has 1 heterocycles. The molecular formula is C15H16ClNO3. The molecule has 0 unspecified atom stereocenters. The highest BCUT2D eigenvalue weighted by molar-refractivity contribution is 6.30. The van der Waals surface area contributed by atoms with E-state index in [9.17, 15) is 9.59 Å². The molecule has 5 heteroatoms. The van der Waals surface area contributed by atoms with Gasteiger partial charge in [-0.2, -0.15) is 0 Å². The van der Waals surface area contributed by atoms with Gasteiger partial charge in [0, 0.05) is 23.1 Å². The van der Waals surface area contributed by atoms with E-state index in [2.05, 4.69) is 5.32 Å². The molecule has 1 aromatic carbocycles. The number of carbonyl (C=O) groups is 2. The van der Waals surface area contributed by atoms with Crippen molar-refractivity contribution >= 4 is 23.5 Å². The molecule has 1 atom stereocenters. The zero-order valence-corrected chi connectivity index (χ0v) is 12.2. The summed E-state index contributed by atoms with van der Waals surface area (Å²) < 4.78 is 5.09. The second-order valence-electron chi connectivity index (χ2n) is 4.62. The Kier molecular flexibility index (Phi) is 4.45. The van der Waals surface area contributed by atoms with Gasteiger partial charge < -0.3 is 10.1 Å². The van der Waals surface area contributed by atoms with E-state index >= 15 is 0 Å². The third kappa shape index (κ3) is 3.02. The Balaban J connectivity index is 2.41. The molecule has 20 heavy (non-hydrogen) atoms. The lowest BCUT2D eigenvalue weighted by Gasteiger charge is -2.26. The number of nitrogens with one attached hydrogen (secondary N) is 1. The summed E-state index contributed by atoms with van der Waals surface area (Å²) in [5.74, 6) is -0.777. The van der Waals surface area contributed by atoms with Gasteiger partial charge in [-0.1, -0.05) is 23.7 Å². The van der Waals surface area contributed by atoms with E-state index in [0.29, 0.717) is 22.9 Å². The Bertz CT molecular complexity index is 563. The van der Waals surface area contributed by atoms with Crippen LogP contribution in [0.3, 0.4) is 0 Å². The number of hydrogen-bond acceptors (Lipinski definition) is 3. The van der Waals surface area contributed by atoms with E-state index in [-0.39, 0.29) is 24.2 Å². The van der Waals surface area contributed by atoms with Gasteiger partial charge in [-0.05, 0) is 31.5 Å². The predicted octanol–water partition coefficient (Wildman–Crippen LogP) is 2.78. The van der Waals surface area contributed by atoms with Gasteiger partial charge in [0.15, 0.2) is 0 Å². The van der Waals surface area contributed by atoms with E-state index < -0.39 is 0 Å². The normalized spacial score (nSPS) is 18.8. The average Bonchev–Trinajstić information content (AvgIpc) is 2.38. The summed E-state index contributed by atoms with van der Waals surface area (Å²) in [4.78, 5) is 23.8. The minimum Gasteiger partial charge on any atom is -0.463 e. The lowest BCUT2D eigenvalue weighted by Crippen LogP contribution is -2.34. The van der Waals surface area contributed by atoms with Crippen LogP contribution in [-0.4, -0.2) is 18.5 Å². The number of hydrogen-bond donors (Lipinski definition) is 1. The van der Waals surface area contributed by atoms with Gasteiger partial charge in [-0.3, -0.25) is 4.79 Å². The van der Waals surface area contributed by atoms with E-state index in [1.807, 2.05) is 12.1 Å². The molecule has 0 spiro atoms. The molecule has 4 nitrogen and oxygen atoms in total. The standard InChI is InChI=1S/C15H16ClNO3/c1-3-20-15(19)14-9(2)17-13(18)8-12(14)10-4-6-11(16)7-5-10/h4-7,12H,3,8H2,1-2H3,(H,17,18)/t12-/m1/s1. The zero-order chi connectivity index (χ0) is 14.7. The molecule has 2 rings (SSSR count). The van der Waals surface area contributed by atoms with Gasteiger partial charge in [0.1, 0.15) is 0 Å². The van der Waals surface area contributed by atoms with Crippen molar-refractivity contribution in [3.05, 3.63) is 46.1 Å². The second-order valence-corrected chi connectivity index (χ2v) is 5.05. The van der Waals surface area contributed by atoms with E-state index in [0.717, 1.165) is 5.56 Å². The van der Waals surface area contributed by atoms with Crippen molar-refractivity contribution in [3.8, 4) is 0 Å². The van der Waals surface area contributed by atoms with Crippen LogP contribution in [0.2, 0.25) is 5.02 Å². The smallest absolute Gasteiger partial charge is 0.336 e. The fourth-order valence-corrected chi connectivity index (χ4v) is 2.49. The van der Waals surface area contributed by atoms with Crippen LogP contribution in [0, 0.1) is 0 Å². The predicted molar refractivity (Wildman–Crippen MR) is 76.3 cm³/mol. The highest BCUT2D eigenvalue weighted by atomic mass is 35.5. The van der Waals surface area contributed by atoms with Gasteiger partial charge in [-0.25, -0.2) is 4.79 Å². The summed E-state index contributed by atoms with van der Waals surface area (Å²) in [6.45, 7) is 3.77. The van der Waals surface area contributed by atoms with Crippen molar-refractivity contribution in [2.45, 2.75) is 26.2 Å². The first-order valence-electron chi connectivity index (χ1n) is 6.46. The summed E-state index contributed by atoms with van der Waals surface area (Å²) in [5, 5.41) is 3.31. The first-order valence-corrected chi connectivity index (χ1v) is 6.84. The monoisotopic (exact) mass is 293 g/mol. The first kappa shape index (κ1) is 14.6. The molecule has 1 amide bonds. The summed E-state index contributed by atoms with van der Waals surface area (Å²) >= 11 is 5.87. The lowest BCUT2D eigenvalue weighted by molar-refractivity contribution is -0.139. The average molecular weight is 294 g/mol. The van der Waals surface area contributed by atoms with Gasteiger partial charge >= 0.3 is 5.97 Å². The fourth-order valence-electron chi connectivity index (χ4n) is 2.36. The summed E-state index contributed by atoms with van der Waals surface area (Å²) in [5.41, 5.74) is 1.94. The van der Waals surface area contributed by atoms with Crippen LogP contribution < -0.4 is 5.32 Å². The summed E-state index contributed by atoms with van der Waals surface area (Å²) in [7, 11) is 0. The van der Waals surface area contributed by atoms with E-state index in [1.165, 1.54) is 0 Å². The fraction of sp³-hybridized carbons (Fsp3) is 0.333. The molecule has 1 aliphatic heterocycles. The number of esters is 1. The third-order valence-electron chi connectivity index (χ3n) is 3.24. The van der Waals surface area contributed by atoms with Crippen molar-refractivity contribution in [2.24, 2.45) is 0 Å². The first-order chi connectivity index (χ1) is 9.52. The highest BCUT2D eigenvalue weighted by Gasteiger charge is 2.32. The van der Waals surface area contributed by atoms with Crippen LogP contribution in [0.1, 0.15) is 31.7 Å². The number of amides is 1. The second kappa shape index (κ2) is 6.09. The van der Waals surface area contributed by atoms with Crippen molar-refractivity contribution < 1.29 is 14.3 Å². The van der Waals surface area contributed by atoms with Crippen LogP contribution in [0.15, 0.2) is 35.5 Å². The molecule has 0 saturated carbocycles. The van der Waals surface area contributed by atoms with Gasteiger partial charge in [-0.15, -0.1) is 0 Å². The quantitative estimate of drug-likeness (QED) is 0.872. The minimum atomic E-state index is -0.384. The molecule has 1 aliphatic rings. The maximum atomic E-state index is 12.1. The van der Waals surface area contributed by atoms with E-state index in [4.69, 9.17) is 16.3 Å². The Morgan fingerprint density at radius 2 is 2.05 bits per heavy atom. The highest BCUT2D eigenvalue weighted by Crippen LogP contribution is 2.33. The molecule has 106 valence electrons. The van der Waals surface area contributed by atoms with Crippen LogP contribution in [0.4, 0.5) is 0 Å². The molecular weight excluding hydrogens is 278 g/mol. The molecule has 0 saturated heterocycles. The lowest BCUT2D eigenvalue weighted by atomic mass is 9.84. The van der Waals surface area contributed by atoms with Crippen molar-refractivity contribution in [2.75, 3.05) is 6.61 Å². The Morgan fingerprint density at radius 3 is 2.65 bits per heavy atom. The number of rotatable bonds is 3. The molecule has 0 aliphatic carbocycles. The SMILES string of the molecule is CCOC(=O)C1=C(C)NC(=O)C[C@@H]1c1ccc(Cl)cc1. The third-order valence-corrected chi connectivity index (χ3v) is 3.49. The van der Waals surface area contributed by atoms with Crippen LogP contribution in [-0.2, 0) is 14.3 Å². The van der Waals surface area contributed by atoms with Crippen LogP contribution >= 0.6 is 11.6 Å². The maximum Gasteiger partial charge on any atom is 0.336 e. The van der Waals surface area contributed by atoms with Gasteiger partial charge in [0.2, 0.25) is 5.91 Å². The van der Waals surface area contributed by atoms with Crippen LogP contribution in [0.5, 0.6) is 0 Å². The molecule has 0 bridgehead atoms. The zero-order valence-electron chi connectivity index (χ0n) is 11.4. The molecule has 0 radical (unpaired) electrons. The van der Waals surface area contributed by atoms with Crippen LogP contribution in [0.25, 0.3) is 0 Å². The van der Waals surface area contributed by atoms with Crippen molar-refractivity contribution in [1.29, 1.82) is 0 Å². The molecule has 0 fully saturated rings. The number of carbonyl (C=O) groups excluding carboxylic acids is 2. The summed E-state index contributed by atoms with van der Waals surface area (Å²) in [6.07, 6.45) is 0.229. The summed E-state index contributed by atoms with van der Waals surface area (Å²) in [6, 6.07) is 7.17. The molecule has 0 aromatic heterocycles. The number of halogens is 1. The van der Waals surface area contributed by atoms with Crippen molar-refractivity contribution in [3.63, 3.8) is 0 Å². The Morgan fingerprint density at radius 1 is 1.40 bits per heavy atom. The number of ether oxygens (including phenoxy) is 1. The van der Waals surface area contributed by atoms with Crippen molar-refractivity contribution in [1.82, 2.24) is 5.32 Å². The van der Waals surface area contributed by atoms with E-state index in [1.54, 1.807) is 26.0 Å². The maximum absolute atomic E-state index is 12.1. The Hall–Kier alpha value is -1.81. The number of benzene rings is 1. The largest absolute Gasteiger partial charge is 0.463 e.